The van der Waals surface area contributed by atoms with Crippen LogP contribution in [0.3, 0.4) is 0 Å². The van der Waals surface area contributed by atoms with Crippen LogP contribution >= 0.6 is 0 Å². The molecular formula is C27H29NO8S. The van der Waals surface area contributed by atoms with Crippen LogP contribution in [0, 0.1) is 11.8 Å². The first-order valence-corrected chi connectivity index (χ1v) is 12.8. The van der Waals surface area contributed by atoms with Crippen LogP contribution in [0.2, 0.25) is 0 Å². The van der Waals surface area contributed by atoms with E-state index in [-0.39, 0.29) is 28.7 Å². The fraction of sp³-hybridized carbons (Fsp3) is 0.222. The van der Waals surface area contributed by atoms with Gasteiger partial charge in [-0.15, -0.1) is 0 Å². The van der Waals surface area contributed by atoms with E-state index >= 15 is 0 Å². The Bertz CT molecular complexity index is 1410. The number of fused-ring (bicyclic) bond motifs is 1. The number of rotatable bonds is 7. The van der Waals surface area contributed by atoms with E-state index in [1.807, 2.05) is 12.1 Å². The molecule has 4 aromatic rings. The van der Waals surface area contributed by atoms with Gasteiger partial charge in [-0.25, -0.2) is 0 Å². The summed E-state index contributed by atoms with van der Waals surface area (Å²) in [5, 5.41) is 38.5. The molecule has 196 valence electrons. The second kappa shape index (κ2) is 11.8. The number of nitrogens with zero attached hydrogens (tertiary/aromatic N) is 1. The van der Waals surface area contributed by atoms with Crippen molar-refractivity contribution in [2.45, 2.75) is 26.7 Å². The van der Waals surface area contributed by atoms with Gasteiger partial charge in [-0.05, 0) is 72.2 Å². The molecule has 0 unspecified atom stereocenters. The minimum atomic E-state index is -4.51. The third kappa shape index (κ3) is 7.99. The fourth-order valence-electron chi connectivity index (χ4n) is 3.79. The van der Waals surface area contributed by atoms with E-state index < -0.39 is 10.4 Å². The Morgan fingerprint density at radius 2 is 1.27 bits per heavy atom. The molecule has 2 atom stereocenters. The van der Waals surface area contributed by atoms with Gasteiger partial charge in [0.15, 0.2) is 28.7 Å². The number of aromatic hydroxyl groups is 4. The largest absolute Gasteiger partial charge is 0.504 e. The monoisotopic (exact) mass is 527 g/mol. The highest BCUT2D eigenvalue weighted by Gasteiger charge is 2.15. The lowest BCUT2D eigenvalue weighted by Gasteiger charge is -2.20. The van der Waals surface area contributed by atoms with Crippen molar-refractivity contribution in [2.75, 3.05) is 0 Å². The van der Waals surface area contributed by atoms with Gasteiger partial charge < -0.3 is 24.6 Å². The highest BCUT2D eigenvalue weighted by Crippen LogP contribution is 2.30. The lowest BCUT2D eigenvalue weighted by Crippen LogP contribution is -2.13. The first-order chi connectivity index (χ1) is 17.4. The first-order valence-electron chi connectivity index (χ1n) is 11.4. The van der Waals surface area contributed by atoms with Crippen molar-refractivity contribution in [1.82, 2.24) is 4.98 Å². The number of hydrogen-bond donors (Lipinski definition) is 5. The summed E-state index contributed by atoms with van der Waals surface area (Å²) in [6.07, 6.45) is 3.09. The number of phenols is 4. The average molecular weight is 528 g/mol. The van der Waals surface area contributed by atoms with Crippen molar-refractivity contribution in [3.05, 3.63) is 84.1 Å². The van der Waals surface area contributed by atoms with E-state index in [2.05, 4.69) is 23.0 Å². The number of benzene rings is 3. The van der Waals surface area contributed by atoms with E-state index in [9.17, 15) is 28.8 Å². The molecular weight excluding hydrogens is 498 g/mol. The molecule has 10 heteroatoms. The summed E-state index contributed by atoms with van der Waals surface area (Å²) in [5.74, 6) is 0.324. The second-order valence-electron chi connectivity index (χ2n) is 8.85. The Morgan fingerprint density at radius 1 is 0.757 bits per heavy atom. The van der Waals surface area contributed by atoms with E-state index in [0.29, 0.717) is 17.4 Å². The molecule has 0 saturated heterocycles. The maximum absolute atomic E-state index is 10.5. The highest BCUT2D eigenvalue weighted by atomic mass is 32.3. The Balaban J connectivity index is 0.000000220. The number of phenolic OH excluding ortho intramolecular Hbond substituents is 4. The maximum Gasteiger partial charge on any atom is 0.446 e. The van der Waals surface area contributed by atoms with Crippen molar-refractivity contribution in [3.8, 4) is 28.7 Å². The number of pyridine rings is 1. The van der Waals surface area contributed by atoms with Crippen LogP contribution < -0.4 is 4.18 Å². The second-order valence-corrected chi connectivity index (χ2v) is 9.87. The summed E-state index contributed by atoms with van der Waals surface area (Å²) >= 11 is 0. The Morgan fingerprint density at radius 3 is 1.76 bits per heavy atom. The topological polar surface area (TPSA) is 157 Å². The summed E-state index contributed by atoms with van der Waals surface area (Å²) in [4.78, 5) is 3.96. The molecule has 0 spiro atoms. The molecule has 37 heavy (non-hydrogen) atoms. The predicted octanol–water partition coefficient (Wildman–Crippen LogP) is 4.98. The first kappa shape index (κ1) is 27.6. The van der Waals surface area contributed by atoms with Gasteiger partial charge in [0, 0.05) is 11.6 Å². The third-order valence-corrected chi connectivity index (χ3v) is 6.35. The normalized spacial score (nSPS) is 12.8. The van der Waals surface area contributed by atoms with Crippen LogP contribution in [0.25, 0.3) is 10.9 Å². The van der Waals surface area contributed by atoms with E-state index in [0.717, 1.165) is 29.4 Å². The summed E-state index contributed by atoms with van der Waals surface area (Å²) in [6, 6.07) is 18.1. The van der Waals surface area contributed by atoms with Gasteiger partial charge in [0.1, 0.15) is 5.52 Å². The molecule has 0 fully saturated rings. The molecule has 0 bridgehead atoms. The van der Waals surface area contributed by atoms with Gasteiger partial charge in [-0.1, -0.05) is 44.2 Å². The van der Waals surface area contributed by atoms with Crippen molar-refractivity contribution in [2.24, 2.45) is 11.8 Å². The molecule has 5 N–H and O–H groups in total. The number of aromatic nitrogens is 1. The molecule has 0 amide bonds. The van der Waals surface area contributed by atoms with Crippen LogP contribution in [-0.4, -0.2) is 38.4 Å². The SMILES string of the molecule is C[C@H](Cc1ccc(O)c(O)c1)[C@@H](C)Cc1ccc(O)c(O)c1.O=S(=O)(O)Oc1cccc2cccnc12. The van der Waals surface area contributed by atoms with Crippen LogP contribution in [0.1, 0.15) is 25.0 Å². The third-order valence-electron chi connectivity index (χ3n) is 5.96. The molecule has 0 saturated carbocycles. The zero-order chi connectivity index (χ0) is 27.2. The average Bonchev–Trinajstić information content (AvgIpc) is 2.83. The molecule has 4 rings (SSSR count). The predicted molar refractivity (Wildman–Crippen MR) is 139 cm³/mol. The molecule has 0 aliphatic carbocycles. The van der Waals surface area contributed by atoms with Crippen LogP contribution in [0.15, 0.2) is 72.9 Å². The van der Waals surface area contributed by atoms with Crippen molar-refractivity contribution >= 4 is 21.3 Å². The molecule has 3 aromatic carbocycles. The smallest absolute Gasteiger partial charge is 0.446 e. The molecule has 1 aromatic heterocycles. The number of hydrogen-bond acceptors (Lipinski definition) is 8. The van der Waals surface area contributed by atoms with E-state index in [4.69, 9.17) is 4.55 Å². The summed E-state index contributed by atoms with van der Waals surface area (Å²) < 4.78 is 34.0. The zero-order valence-corrected chi connectivity index (χ0v) is 21.1. The maximum atomic E-state index is 10.5. The Hall–Kier alpha value is -4.02. The molecule has 0 radical (unpaired) electrons. The summed E-state index contributed by atoms with van der Waals surface area (Å²) in [7, 11) is -4.51. The van der Waals surface area contributed by atoms with Gasteiger partial charge in [0.05, 0.1) is 0 Å². The van der Waals surface area contributed by atoms with Crippen molar-refractivity contribution in [3.63, 3.8) is 0 Å². The van der Waals surface area contributed by atoms with E-state index in [1.54, 1.807) is 36.4 Å². The van der Waals surface area contributed by atoms with Crippen molar-refractivity contribution in [1.29, 1.82) is 0 Å². The van der Waals surface area contributed by atoms with Gasteiger partial charge in [-0.3, -0.25) is 9.54 Å². The van der Waals surface area contributed by atoms with Crippen molar-refractivity contribution < 1.29 is 37.6 Å². The molecule has 9 nitrogen and oxygen atoms in total. The van der Waals surface area contributed by atoms with Crippen LogP contribution in [0.5, 0.6) is 28.7 Å². The lowest BCUT2D eigenvalue weighted by molar-refractivity contribution is 0.377. The van der Waals surface area contributed by atoms with Gasteiger partial charge in [-0.2, -0.15) is 8.42 Å². The van der Waals surface area contributed by atoms with Crippen LogP contribution in [-0.2, 0) is 23.2 Å². The number of para-hydroxylation sites is 1. The standard InChI is InChI=1S/C18H22O4.C9H7NO4S/c1-11(7-13-3-5-15(19)17(21)9-13)12(2)8-14-4-6-16(20)18(22)10-14;11-15(12,13)14-8-5-1-3-7-4-2-6-10-9(7)8/h3-6,9-12,19-22H,7-8H2,1-2H3;1-6H,(H,11,12,13)/t11-,12+;. The summed E-state index contributed by atoms with van der Waals surface area (Å²) in [6.45, 7) is 4.27. The molecule has 0 aliphatic rings. The molecule has 0 aliphatic heterocycles. The van der Waals surface area contributed by atoms with E-state index in [1.165, 1.54) is 24.4 Å². The minimum Gasteiger partial charge on any atom is -0.504 e. The van der Waals surface area contributed by atoms with Gasteiger partial charge in [0.25, 0.3) is 0 Å². The van der Waals surface area contributed by atoms with Gasteiger partial charge >= 0.3 is 10.4 Å². The quantitative estimate of drug-likeness (QED) is 0.165. The zero-order valence-electron chi connectivity index (χ0n) is 20.3. The fourth-order valence-corrected chi connectivity index (χ4v) is 4.16. The summed E-state index contributed by atoms with van der Waals surface area (Å²) in [5.41, 5.74) is 2.34. The lowest BCUT2D eigenvalue weighted by atomic mass is 9.85. The van der Waals surface area contributed by atoms with Crippen LogP contribution in [0.4, 0.5) is 0 Å². The minimum absolute atomic E-state index is 0.00981. The Kier molecular flexibility index (Phi) is 8.80. The van der Waals surface area contributed by atoms with Gasteiger partial charge in [0.2, 0.25) is 0 Å². The Labute approximate surface area is 215 Å². The molecule has 1 heterocycles. The highest BCUT2D eigenvalue weighted by molar-refractivity contribution is 7.81.